The molecule has 0 spiro atoms. The van der Waals surface area contributed by atoms with Crippen LogP contribution in [0.4, 0.5) is 11.9 Å². The second-order valence-electron chi connectivity index (χ2n) is 6.52. The second-order valence-corrected chi connectivity index (χ2v) is 6.52. The van der Waals surface area contributed by atoms with Crippen LogP contribution in [-0.2, 0) is 16.1 Å². The maximum atomic E-state index is 11.8. The van der Waals surface area contributed by atoms with Crippen LogP contribution in [0.2, 0.25) is 0 Å². The normalized spacial score (nSPS) is 18.3. The van der Waals surface area contributed by atoms with E-state index in [1.807, 2.05) is 13.8 Å². The van der Waals surface area contributed by atoms with Crippen LogP contribution in [0.25, 0.3) is 0 Å². The lowest BCUT2D eigenvalue weighted by molar-refractivity contribution is -0.124. The van der Waals surface area contributed by atoms with Gasteiger partial charge in [-0.05, 0) is 12.8 Å². The van der Waals surface area contributed by atoms with Crippen molar-refractivity contribution in [1.29, 1.82) is 0 Å². The molecule has 1 aromatic heterocycles. The summed E-state index contributed by atoms with van der Waals surface area (Å²) in [7, 11) is 0. The van der Waals surface area contributed by atoms with Gasteiger partial charge in [0, 0.05) is 32.1 Å². The molecule has 0 aliphatic carbocycles. The Balaban J connectivity index is 1.80. The predicted molar refractivity (Wildman–Crippen MR) is 91.0 cm³/mol. The van der Waals surface area contributed by atoms with E-state index < -0.39 is 0 Å². The minimum Gasteiger partial charge on any atom is -0.378 e. The average molecular weight is 334 g/mol. The molecule has 0 atom stereocenters. The first kappa shape index (κ1) is 16.9. The molecule has 2 aliphatic rings. The van der Waals surface area contributed by atoms with Crippen LogP contribution < -0.4 is 15.1 Å². The molecule has 0 bridgehead atoms. The summed E-state index contributed by atoms with van der Waals surface area (Å²) in [5, 5.41) is 2.89. The molecule has 2 fully saturated rings. The molecule has 0 unspecified atom stereocenters. The van der Waals surface area contributed by atoms with Gasteiger partial charge in [-0.15, -0.1) is 0 Å². The molecular formula is C16H26N6O2. The van der Waals surface area contributed by atoms with E-state index in [4.69, 9.17) is 4.74 Å². The molecule has 2 aliphatic heterocycles. The fourth-order valence-corrected chi connectivity index (χ4v) is 2.81. The Hall–Kier alpha value is -1.96. The van der Waals surface area contributed by atoms with Gasteiger partial charge >= 0.3 is 0 Å². The van der Waals surface area contributed by atoms with Gasteiger partial charge in [0.15, 0.2) is 5.82 Å². The number of morpholine rings is 1. The first-order chi connectivity index (χ1) is 11.6. The van der Waals surface area contributed by atoms with E-state index in [1.54, 1.807) is 0 Å². The highest BCUT2D eigenvalue weighted by Crippen LogP contribution is 2.19. The standard InChI is InChI=1S/C16H26N6O2/c1-12(2)14(23)17-11-13-18-15(21-5-3-4-6-21)20-16(19-13)22-7-9-24-10-8-22/h12H,3-11H2,1-2H3,(H,17,23). The van der Waals surface area contributed by atoms with Gasteiger partial charge in [0.1, 0.15) is 0 Å². The number of hydrogen-bond acceptors (Lipinski definition) is 7. The van der Waals surface area contributed by atoms with Crippen molar-refractivity contribution in [2.24, 2.45) is 5.92 Å². The van der Waals surface area contributed by atoms with Crippen LogP contribution in [0.5, 0.6) is 0 Å². The fourth-order valence-electron chi connectivity index (χ4n) is 2.81. The van der Waals surface area contributed by atoms with Crippen LogP contribution in [0, 0.1) is 5.92 Å². The monoisotopic (exact) mass is 334 g/mol. The Kier molecular flexibility index (Phi) is 5.44. The van der Waals surface area contributed by atoms with E-state index in [1.165, 1.54) is 0 Å². The smallest absolute Gasteiger partial charge is 0.230 e. The molecule has 132 valence electrons. The summed E-state index contributed by atoms with van der Waals surface area (Å²) in [5.74, 6) is 1.97. The van der Waals surface area contributed by atoms with Crippen LogP contribution in [0.15, 0.2) is 0 Å². The van der Waals surface area contributed by atoms with E-state index in [2.05, 4.69) is 30.1 Å². The van der Waals surface area contributed by atoms with Gasteiger partial charge in [0.25, 0.3) is 0 Å². The average Bonchev–Trinajstić information content (AvgIpc) is 3.15. The minimum absolute atomic E-state index is 0.00561. The van der Waals surface area contributed by atoms with Gasteiger partial charge in [-0.2, -0.15) is 15.0 Å². The van der Waals surface area contributed by atoms with Crippen molar-refractivity contribution >= 4 is 17.8 Å². The molecule has 3 rings (SSSR count). The second kappa shape index (κ2) is 7.74. The third kappa shape index (κ3) is 4.11. The summed E-state index contributed by atoms with van der Waals surface area (Å²) in [5.41, 5.74) is 0. The van der Waals surface area contributed by atoms with Crippen molar-refractivity contribution in [1.82, 2.24) is 20.3 Å². The van der Waals surface area contributed by atoms with Crippen molar-refractivity contribution < 1.29 is 9.53 Å². The molecule has 3 heterocycles. The van der Waals surface area contributed by atoms with Gasteiger partial charge in [-0.3, -0.25) is 4.79 Å². The molecule has 8 heteroatoms. The molecule has 2 saturated heterocycles. The largest absolute Gasteiger partial charge is 0.378 e. The molecule has 0 aromatic carbocycles. The lowest BCUT2D eigenvalue weighted by Gasteiger charge is -2.28. The lowest BCUT2D eigenvalue weighted by atomic mass is 10.2. The number of amides is 1. The maximum Gasteiger partial charge on any atom is 0.230 e. The maximum absolute atomic E-state index is 11.8. The molecule has 8 nitrogen and oxygen atoms in total. The molecule has 1 aromatic rings. The van der Waals surface area contributed by atoms with Crippen molar-refractivity contribution in [3.63, 3.8) is 0 Å². The highest BCUT2D eigenvalue weighted by atomic mass is 16.5. The highest BCUT2D eigenvalue weighted by molar-refractivity contribution is 5.77. The number of rotatable bonds is 5. The summed E-state index contributed by atoms with van der Waals surface area (Å²) in [6, 6.07) is 0. The van der Waals surface area contributed by atoms with Crippen LogP contribution >= 0.6 is 0 Å². The van der Waals surface area contributed by atoms with Gasteiger partial charge < -0.3 is 19.9 Å². The zero-order valence-corrected chi connectivity index (χ0v) is 14.5. The topological polar surface area (TPSA) is 83.5 Å². The van der Waals surface area contributed by atoms with Crippen molar-refractivity contribution in [2.45, 2.75) is 33.2 Å². The van der Waals surface area contributed by atoms with E-state index in [0.717, 1.165) is 45.0 Å². The summed E-state index contributed by atoms with van der Waals surface area (Å²) >= 11 is 0. The SMILES string of the molecule is CC(C)C(=O)NCc1nc(N2CCCC2)nc(N2CCOCC2)n1. The number of hydrogen-bond donors (Lipinski definition) is 1. The minimum atomic E-state index is -0.0522. The first-order valence-electron chi connectivity index (χ1n) is 8.74. The van der Waals surface area contributed by atoms with E-state index >= 15 is 0 Å². The zero-order valence-electron chi connectivity index (χ0n) is 14.5. The number of anilines is 2. The Morgan fingerprint density at radius 3 is 2.21 bits per heavy atom. The fraction of sp³-hybridized carbons (Fsp3) is 0.750. The van der Waals surface area contributed by atoms with Crippen LogP contribution in [0.3, 0.4) is 0 Å². The van der Waals surface area contributed by atoms with Gasteiger partial charge in [0.2, 0.25) is 17.8 Å². The molecular weight excluding hydrogens is 308 g/mol. The first-order valence-corrected chi connectivity index (χ1v) is 8.74. The number of ether oxygens (including phenoxy) is 1. The molecule has 1 amide bonds. The van der Waals surface area contributed by atoms with Crippen LogP contribution in [0.1, 0.15) is 32.5 Å². The number of nitrogens with one attached hydrogen (secondary N) is 1. The number of carbonyl (C=O) groups excluding carboxylic acids is 1. The molecule has 1 N–H and O–H groups in total. The Bertz CT molecular complexity index is 568. The highest BCUT2D eigenvalue weighted by Gasteiger charge is 2.21. The number of aromatic nitrogens is 3. The van der Waals surface area contributed by atoms with Gasteiger partial charge in [0.05, 0.1) is 19.8 Å². The third-order valence-corrected chi connectivity index (χ3v) is 4.29. The third-order valence-electron chi connectivity index (χ3n) is 4.29. The zero-order chi connectivity index (χ0) is 16.9. The molecule has 0 radical (unpaired) electrons. The lowest BCUT2D eigenvalue weighted by Crippen LogP contribution is -2.38. The Labute approximate surface area is 142 Å². The Morgan fingerprint density at radius 1 is 1.04 bits per heavy atom. The van der Waals surface area contributed by atoms with E-state index in [0.29, 0.717) is 31.5 Å². The number of nitrogens with zero attached hydrogens (tertiary/aromatic N) is 5. The summed E-state index contributed by atoms with van der Waals surface area (Å²) in [4.78, 5) is 29.9. The Morgan fingerprint density at radius 2 is 1.62 bits per heavy atom. The van der Waals surface area contributed by atoms with E-state index in [-0.39, 0.29) is 11.8 Å². The quantitative estimate of drug-likeness (QED) is 0.843. The summed E-state index contributed by atoms with van der Waals surface area (Å²) in [6.07, 6.45) is 2.33. The predicted octanol–water partition coefficient (Wildman–Crippen LogP) is 0.581. The van der Waals surface area contributed by atoms with E-state index in [9.17, 15) is 4.79 Å². The summed E-state index contributed by atoms with van der Waals surface area (Å²) < 4.78 is 5.41. The van der Waals surface area contributed by atoms with Crippen LogP contribution in [-0.4, -0.2) is 60.3 Å². The molecule has 0 saturated carbocycles. The molecule has 24 heavy (non-hydrogen) atoms. The van der Waals surface area contributed by atoms with Crippen molar-refractivity contribution in [2.75, 3.05) is 49.2 Å². The summed E-state index contributed by atoms with van der Waals surface area (Å²) in [6.45, 7) is 8.96. The van der Waals surface area contributed by atoms with Crippen molar-refractivity contribution in [3.8, 4) is 0 Å². The van der Waals surface area contributed by atoms with Crippen molar-refractivity contribution in [3.05, 3.63) is 5.82 Å². The van der Waals surface area contributed by atoms with Gasteiger partial charge in [-0.1, -0.05) is 13.8 Å². The number of carbonyl (C=O) groups is 1. The van der Waals surface area contributed by atoms with Gasteiger partial charge in [-0.25, -0.2) is 0 Å².